The molecule has 0 amide bonds. The van der Waals surface area contributed by atoms with Crippen molar-refractivity contribution in [3.8, 4) is 5.75 Å². The van der Waals surface area contributed by atoms with E-state index >= 15 is 0 Å². The number of hydrogen-bond acceptors (Lipinski definition) is 3. The zero-order valence-corrected chi connectivity index (χ0v) is 8.97. The van der Waals surface area contributed by atoms with E-state index in [2.05, 4.69) is 19.2 Å². The molecule has 2 N–H and O–H groups in total. The van der Waals surface area contributed by atoms with Gasteiger partial charge in [0.25, 0.3) is 5.69 Å². The molecule has 5 heteroatoms. The highest BCUT2D eigenvalue weighted by Crippen LogP contribution is 2.12. The largest absolute Gasteiger partial charge is 0.872 e. The van der Waals surface area contributed by atoms with Crippen LogP contribution in [-0.4, -0.2) is 18.0 Å². The lowest BCUT2D eigenvalue weighted by Crippen LogP contribution is -2.82. The fourth-order valence-corrected chi connectivity index (χ4v) is 0.857. The van der Waals surface area contributed by atoms with Gasteiger partial charge < -0.3 is 10.4 Å². The van der Waals surface area contributed by atoms with Crippen molar-refractivity contribution in [1.29, 1.82) is 0 Å². The second-order valence-electron chi connectivity index (χ2n) is 2.86. The lowest BCUT2D eigenvalue weighted by molar-refractivity contribution is -0.648. The zero-order chi connectivity index (χ0) is 11.7. The average molecular weight is 212 g/mol. The lowest BCUT2D eigenvalue weighted by atomic mass is 10.3. The van der Waals surface area contributed by atoms with Gasteiger partial charge in [0, 0.05) is 12.1 Å². The van der Waals surface area contributed by atoms with Gasteiger partial charge in [-0.05, 0) is 13.8 Å². The van der Waals surface area contributed by atoms with E-state index in [1.807, 2.05) is 0 Å². The van der Waals surface area contributed by atoms with Crippen LogP contribution in [0.1, 0.15) is 13.8 Å². The summed E-state index contributed by atoms with van der Waals surface area (Å²) < 4.78 is 0. The van der Waals surface area contributed by atoms with Crippen molar-refractivity contribution in [2.24, 2.45) is 0 Å². The van der Waals surface area contributed by atoms with Crippen LogP contribution in [0.2, 0.25) is 0 Å². The van der Waals surface area contributed by atoms with E-state index in [0.29, 0.717) is 0 Å². The monoisotopic (exact) mass is 212 g/mol. The molecule has 15 heavy (non-hydrogen) atoms. The van der Waals surface area contributed by atoms with Gasteiger partial charge in [0.05, 0.1) is 18.0 Å². The van der Waals surface area contributed by atoms with Crippen LogP contribution in [0, 0.1) is 10.1 Å². The summed E-state index contributed by atoms with van der Waals surface area (Å²) in [5.41, 5.74) is -0.0559. The first-order valence-electron chi connectivity index (χ1n) is 4.84. The fourth-order valence-electron chi connectivity index (χ4n) is 0.857. The first-order valence-corrected chi connectivity index (χ1v) is 4.84. The lowest BCUT2D eigenvalue weighted by Gasteiger charge is -2.00. The summed E-state index contributed by atoms with van der Waals surface area (Å²) in [5, 5.41) is 22.7. The second-order valence-corrected chi connectivity index (χ2v) is 2.86. The number of nitro groups is 1. The van der Waals surface area contributed by atoms with Crippen LogP contribution in [0.15, 0.2) is 24.3 Å². The molecule has 5 nitrogen and oxygen atoms in total. The molecule has 1 rings (SSSR count). The Labute approximate surface area is 88.9 Å². The number of nitro benzene ring substituents is 1. The summed E-state index contributed by atoms with van der Waals surface area (Å²) in [7, 11) is 0. The molecule has 0 fully saturated rings. The van der Waals surface area contributed by atoms with Crippen LogP contribution >= 0.6 is 0 Å². The summed E-state index contributed by atoms with van der Waals surface area (Å²) in [6, 6.07) is 4.70. The second kappa shape index (κ2) is 7.75. The Morgan fingerprint density at radius 3 is 1.93 bits per heavy atom. The molecule has 0 aromatic heterocycles. The molecular formula is C10H16N2O3. The number of benzene rings is 1. The van der Waals surface area contributed by atoms with Crippen LogP contribution in [0.5, 0.6) is 5.75 Å². The van der Waals surface area contributed by atoms with Crippen LogP contribution in [0.25, 0.3) is 0 Å². The highest BCUT2D eigenvalue weighted by Gasteiger charge is 1.99. The molecule has 0 spiro atoms. The number of hydrogen-bond donors (Lipinski definition) is 1. The number of non-ortho nitro benzene ring substituents is 1. The number of nitrogens with zero attached hydrogens (tertiary/aromatic N) is 1. The molecule has 0 heterocycles. The Morgan fingerprint density at radius 1 is 1.20 bits per heavy atom. The van der Waals surface area contributed by atoms with Crippen molar-refractivity contribution >= 4 is 5.69 Å². The molecule has 84 valence electrons. The van der Waals surface area contributed by atoms with E-state index in [-0.39, 0.29) is 11.4 Å². The molecule has 0 aliphatic heterocycles. The van der Waals surface area contributed by atoms with Gasteiger partial charge in [-0.1, -0.05) is 12.1 Å². The Bertz CT molecular complexity index is 283. The summed E-state index contributed by atoms with van der Waals surface area (Å²) in [5.74, 6) is -0.217. The van der Waals surface area contributed by atoms with Gasteiger partial charge in [-0.25, -0.2) is 0 Å². The van der Waals surface area contributed by atoms with E-state index in [4.69, 9.17) is 0 Å². The zero-order valence-electron chi connectivity index (χ0n) is 8.97. The Hall–Kier alpha value is -1.62. The average Bonchev–Trinajstić information content (AvgIpc) is 2.20. The van der Waals surface area contributed by atoms with Gasteiger partial charge in [0.1, 0.15) is 0 Å². The van der Waals surface area contributed by atoms with Gasteiger partial charge in [-0.15, -0.1) is 5.75 Å². The molecule has 0 atom stereocenters. The van der Waals surface area contributed by atoms with E-state index in [9.17, 15) is 15.2 Å². The van der Waals surface area contributed by atoms with Gasteiger partial charge in [-0.2, -0.15) is 0 Å². The molecule has 0 aliphatic rings. The van der Waals surface area contributed by atoms with Crippen LogP contribution < -0.4 is 10.4 Å². The maximum atomic E-state index is 10.4. The third kappa shape index (κ3) is 6.45. The van der Waals surface area contributed by atoms with Crippen molar-refractivity contribution in [1.82, 2.24) is 0 Å². The number of rotatable bonds is 3. The highest BCUT2D eigenvalue weighted by atomic mass is 16.6. The van der Waals surface area contributed by atoms with Crippen molar-refractivity contribution in [3.05, 3.63) is 34.4 Å². The van der Waals surface area contributed by atoms with Crippen molar-refractivity contribution in [2.75, 3.05) is 13.1 Å². The minimum absolute atomic E-state index is 0.0559. The topological polar surface area (TPSA) is 82.8 Å². The smallest absolute Gasteiger partial charge is 0.269 e. The third-order valence-corrected chi connectivity index (χ3v) is 1.62. The molecule has 0 bridgehead atoms. The van der Waals surface area contributed by atoms with E-state index < -0.39 is 4.92 Å². The van der Waals surface area contributed by atoms with Gasteiger partial charge >= 0.3 is 0 Å². The van der Waals surface area contributed by atoms with Crippen molar-refractivity contribution in [2.45, 2.75) is 13.8 Å². The number of quaternary nitrogens is 1. The molecule has 0 unspecified atom stereocenters. The van der Waals surface area contributed by atoms with Crippen molar-refractivity contribution in [3.63, 3.8) is 0 Å². The molecule has 1 aromatic carbocycles. The van der Waals surface area contributed by atoms with Crippen LogP contribution in [0.4, 0.5) is 5.69 Å². The molecular weight excluding hydrogens is 196 g/mol. The summed E-state index contributed by atoms with van der Waals surface area (Å²) in [6.07, 6.45) is 0. The SMILES string of the molecule is CC[NH2+]CC.O=[N+]([O-])c1ccc([O-])cc1. The van der Waals surface area contributed by atoms with Gasteiger partial charge in [0.15, 0.2) is 0 Å². The quantitative estimate of drug-likeness (QED) is 0.576. The maximum absolute atomic E-state index is 10.4. The Kier molecular flexibility index (Phi) is 6.92. The summed E-state index contributed by atoms with van der Waals surface area (Å²) in [4.78, 5) is 9.47. The molecule has 0 saturated heterocycles. The normalized spacial score (nSPS) is 8.93. The summed E-state index contributed by atoms with van der Waals surface area (Å²) >= 11 is 0. The first kappa shape index (κ1) is 13.4. The molecule has 0 aliphatic carbocycles. The highest BCUT2D eigenvalue weighted by molar-refractivity contribution is 5.34. The Balaban J connectivity index is 0.000000336. The van der Waals surface area contributed by atoms with Crippen LogP contribution in [0.3, 0.4) is 0 Å². The predicted octanol–water partition coefficient (Wildman–Crippen LogP) is 0.258. The first-order chi connectivity index (χ1) is 7.11. The molecule has 0 saturated carbocycles. The van der Waals surface area contributed by atoms with Gasteiger partial charge in [-0.3, -0.25) is 10.1 Å². The standard InChI is InChI=1S/C6H5NO3.C4H11N/c8-6-3-1-5(2-4-6)7(9)10;1-3-5-4-2/h1-4,8H;5H,3-4H2,1-2H3. The third-order valence-electron chi connectivity index (χ3n) is 1.62. The van der Waals surface area contributed by atoms with Gasteiger partial charge in [0.2, 0.25) is 0 Å². The van der Waals surface area contributed by atoms with E-state index in [0.717, 1.165) is 12.1 Å². The van der Waals surface area contributed by atoms with Crippen molar-refractivity contribution < 1.29 is 15.3 Å². The summed E-state index contributed by atoms with van der Waals surface area (Å²) in [6.45, 7) is 6.75. The molecule has 0 radical (unpaired) electrons. The fraction of sp³-hybridized carbons (Fsp3) is 0.400. The van der Waals surface area contributed by atoms with E-state index in [1.165, 1.54) is 25.2 Å². The minimum Gasteiger partial charge on any atom is -0.872 e. The maximum Gasteiger partial charge on any atom is 0.269 e. The predicted molar refractivity (Wildman–Crippen MR) is 55.5 cm³/mol. The molecule has 1 aromatic rings. The van der Waals surface area contributed by atoms with Crippen LogP contribution in [-0.2, 0) is 0 Å². The van der Waals surface area contributed by atoms with E-state index in [1.54, 1.807) is 0 Å². The minimum atomic E-state index is -0.542. The Morgan fingerprint density at radius 2 is 1.67 bits per heavy atom. The number of nitrogens with two attached hydrogens (primary N) is 1.